The number of allylic oxidation sites excluding steroid dienone is 6. The molecule has 5 aliphatic rings. The van der Waals surface area contributed by atoms with Gasteiger partial charge >= 0.3 is 0 Å². The summed E-state index contributed by atoms with van der Waals surface area (Å²) in [7, 11) is 0. The van der Waals surface area contributed by atoms with E-state index in [-0.39, 0.29) is 5.78 Å². The zero-order chi connectivity index (χ0) is 12.1. The van der Waals surface area contributed by atoms with E-state index in [0.29, 0.717) is 0 Å². The van der Waals surface area contributed by atoms with Gasteiger partial charge in [0.15, 0.2) is 5.78 Å². The molecule has 0 amide bonds. The normalized spacial score (nSPS) is 25.2. The predicted molar refractivity (Wildman–Crippen MR) is 69.6 cm³/mol. The molecule has 4 bridgehead atoms. The lowest BCUT2D eigenvalue weighted by molar-refractivity contribution is 0.104. The molecule has 0 unspecified atom stereocenters. The topological polar surface area (TPSA) is 26.3 Å². The summed E-state index contributed by atoms with van der Waals surface area (Å²) in [6.07, 6.45) is 13.9. The van der Waals surface area contributed by atoms with Crippen molar-refractivity contribution >= 4 is 17.6 Å². The smallest absolute Gasteiger partial charge is 0.186 e. The molecule has 0 fully saturated rings. The van der Waals surface area contributed by atoms with E-state index >= 15 is 0 Å². The number of hydrogen-bond donors (Lipinski definition) is 0. The first-order chi connectivity index (χ1) is 8.84. The molecule has 2 heteroatoms. The fourth-order valence-corrected chi connectivity index (χ4v) is 2.70. The van der Waals surface area contributed by atoms with E-state index in [1.54, 1.807) is 12.2 Å². The molecule has 6 rings (SSSR count). The van der Waals surface area contributed by atoms with Gasteiger partial charge in [0.05, 0.1) is 5.22 Å². The quantitative estimate of drug-likeness (QED) is 0.678. The van der Waals surface area contributed by atoms with Crippen LogP contribution in [0.5, 0.6) is 5.75 Å². The number of carbonyl (C=O) groups excluding carboxylic acids is 1. The van der Waals surface area contributed by atoms with Crippen LogP contribution in [0.2, 0.25) is 0 Å². The van der Waals surface area contributed by atoms with Gasteiger partial charge in [0.2, 0.25) is 0 Å². The highest BCUT2D eigenvalue weighted by atomic mass is 16.5. The summed E-state index contributed by atoms with van der Waals surface area (Å²) in [5, 5.41) is 2.13. The maximum absolute atomic E-state index is 12.2. The molecule has 0 spiro atoms. The van der Waals surface area contributed by atoms with Crippen LogP contribution in [0.4, 0.5) is 0 Å². The third kappa shape index (κ3) is 1.15. The Bertz CT molecular complexity index is 789. The zero-order valence-corrected chi connectivity index (χ0v) is 9.64. The Morgan fingerprint density at radius 3 is 2.72 bits per heavy atom. The molecule has 2 heterocycles. The zero-order valence-electron chi connectivity index (χ0n) is 9.64. The molecule has 3 aliphatic carbocycles. The Labute approximate surface area is 104 Å². The number of benzene rings is 1. The number of ether oxygens (including phenoxy) is 1. The molecule has 1 aromatic rings. The number of ketones is 1. The van der Waals surface area contributed by atoms with Crippen LogP contribution in [0.15, 0.2) is 42.5 Å². The second-order valence-corrected chi connectivity index (χ2v) is 4.56. The monoisotopic (exact) mass is 234 g/mol. The summed E-state index contributed by atoms with van der Waals surface area (Å²) in [4.78, 5) is 12.2. The lowest BCUT2D eigenvalue weighted by atomic mass is 9.87. The molecule has 0 atom stereocenters. The van der Waals surface area contributed by atoms with Crippen LogP contribution < -0.4 is 15.2 Å². The largest absolute Gasteiger partial charge is 0.460 e. The van der Waals surface area contributed by atoms with Gasteiger partial charge < -0.3 is 4.74 Å². The Balaban J connectivity index is 2.13. The number of rotatable bonds is 0. The standard InChI is InChI=1S/C16H10O2/c17-12-7-5-3-1-2-4-6-11-15(12)10-8-13-16(11)14(9-10)18-13/h1-8H,9H2/b3-1-,4-2+,7-5+,11-6+. The van der Waals surface area contributed by atoms with Gasteiger partial charge in [-0.1, -0.05) is 36.5 Å². The van der Waals surface area contributed by atoms with Crippen molar-refractivity contribution in [1.82, 2.24) is 0 Å². The van der Waals surface area contributed by atoms with Crippen molar-refractivity contribution in [2.75, 3.05) is 0 Å². The Kier molecular flexibility index (Phi) is 1.78. The molecule has 0 N–H and O–H groups in total. The highest BCUT2D eigenvalue weighted by Gasteiger charge is 2.30. The van der Waals surface area contributed by atoms with E-state index in [9.17, 15) is 4.79 Å². The third-order valence-corrected chi connectivity index (χ3v) is 3.48. The lowest BCUT2D eigenvalue weighted by Gasteiger charge is -2.29. The molecule has 2 nitrogen and oxygen atoms in total. The van der Waals surface area contributed by atoms with Crippen LogP contribution >= 0.6 is 0 Å². The van der Waals surface area contributed by atoms with Crippen molar-refractivity contribution in [1.29, 1.82) is 0 Å². The molecular formula is C16H10O2. The molecule has 0 aromatic heterocycles. The fraction of sp³-hybridized carbons (Fsp3) is 0.0625. The van der Waals surface area contributed by atoms with Crippen molar-refractivity contribution in [3.8, 4) is 5.75 Å². The van der Waals surface area contributed by atoms with Gasteiger partial charge in [-0.3, -0.25) is 4.79 Å². The maximum Gasteiger partial charge on any atom is 0.186 e. The number of carbonyl (C=O) groups is 1. The average molecular weight is 234 g/mol. The van der Waals surface area contributed by atoms with E-state index in [2.05, 4.69) is 0 Å². The molecule has 1 aromatic carbocycles. The molecule has 0 saturated heterocycles. The van der Waals surface area contributed by atoms with Gasteiger partial charge in [0, 0.05) is 17.2 Å². The van der Waals surface area contributed by atoms with Gasteiger partial charge in [-0.2, -0.15) is 0 Å². The van der Waals surface area contributed by atoms with Crippen molar-refractivity contribution in [2.45, 2.75) is 6.42 Å². The van der Waals surface area contributed by atoms with Crippen LogP contribution in [0.3, 0.4) is 0 Å². The van der Waals surface area contributed by atoms with Crippen molar-refractivity contribution in [3.05, 3.63) is 64.1 Å². The van der Waals surface area contributed by atoms with Crippen molar-refractivity contribution < 1.29 is 9.53 Å². The predicted octanol–water partition coefficient (Wildman–Crippen LogP) is 1.39. The van der Waals surface area contributed by atoms with E-state index in [1.165, 1.54) is 0 Å². The van der Waals surface area contributed by atoms with Gasteiger partial charge in [0.1, 0.15) is 11.5 Å². The molecule has 0 saturated carbocycles. The highest BCUT2D eigenvalue weighted by Crippen LogP contribution is 2.30. The summed E-state index contributed by atoms with van der Waals surface area (Å²) in [5.74, 6) is 2.00. The summed E-state index contributed by atoms with van der Waals surface area (Å²) >= 11 is 0. The van der Waals surface area contributed by atoms with Crippen LogP contribution in [0, 0.1) is 0 Å². The second-order valence-electron chi connectivity index (χ2n) is 4.56. The van der Waals surface area contributed by atoms with E-state index in [4.69, 9.17) is 4.74 Å². The highest BCUT2D eigenvalue weighted by molar-refractivity contribution is 6.07. The van der Waals surface area contributed by atoms with E-state index in [0.717, 1.165) is 39.5 Å². The van der Waals surface area contributed by atoms with Crippen molar-refractivity contribution in [3.63, 3.8) is 0 Å². The Morgan fingerprint density at radius 2 is 1.89 bits per heavy atom. The molecular weight excluding hydrogens is 224 g/mol. The van der Waals surface area contributed by atoms with Crippen LogP contribution in [-0.2, 0) is 6.42 Å². The Morgan fingerprint density at radius 1 is 1.06 bits per heavy atom. The Hall–Kier alpha value is -2.35. The summed E-state index contributed by atoms with van der Waals surface area (Å²) in [5.41, 5.74) is 1.91. The molecule has 0 radical (unpaired) electrons. The first-order valence-corrected chi connectivity index (χ1v) is 5.97. The average Bonchev–Trinajstić information content (AvgIpc) is 2.37. The SMILES string of the molecule is O=C1/C=C/C=C\C=C\C=c2/c1c1cc3c2=C(C1)O3. The van der Waals surface area contributed by atoms with Gasteiger partial charge in [-0.05, 0) is 17.7 Å². The minimum Gasteiger partial charge on any atom is -0.460 e. The van der Waals surface area contributed by atoms with Crippen LogP contribution in [0.1, 0.15) is 15.9 Å². The summed E-state index contributed by atoms with van der Waals surface area (Å²) in [6, 6.07) is 1.99. The summed E-state index contributed by atoms with van der Waals surface area (Å²) < 4.78 is 5.52. The van der Waals surface area contributed by atoms with Gasteiger partial charge in [-0.15, -0.1) is 0 Å². The van der Waals surface area contributed by atoms with Gasteiger partial charge in [0.25, 0.3) is 0 Å². The second kappa shape index (κ2) is 3.33. The van der Waals surface area contributed by atoms with Crippen LogP contribution in [0.25, 0.3) is 11.8 Å². The van der Waals surface area contributed by atoms with E-state index in [1.807, 2.05) is 36.4 Å². The lowest BCUT2D eigenvalue weighted by Crippen LogP contribution is -2.46. The summed E-state index contributed by atoms with van der Waals surface area (Å²) in [6.45, 7) is 0. The van der Waals surface area contributed by atoms with E-state index < -0.39 is 0 Å². The molecule has 18 heavy (non-hydrogen) atoms. The number of hydrogen-bond acceptors (Lipinski definition) is 2. The van der Waals surface area contributed by atoms with Crippen LogP contribution in [-0.4, -0.2) is 5.78 Å². The van der Waals surface area contributed by atoms with Gasteiger partial charge in [-0.25, -0.2) is 0 Å². The first kappa shape index (κ1) is 9.66. The third-order valence-electron chi connectivity index (χ3n) is 3.48. The minimum atomic E-state index is 0.0740. The first-order valence-electron chi connectivity index (χ1n) is 5.97. The van der Waals surface area contributed by atoms with Crippen molar-refractivity contribution in [2.24, 2.45) is 0 Å². The molecule has 86 valence electrons. The fourth-order valence-electron chi connectivity index (χ4n) is 2.70. The minimum absolute atomic E-state index is 0.0740. The molecule has 2 aliphatic heterocycles. The maximum atomic E-state index is 12.2.